The first kappa shape index (κ1) is 22.5. The summed E-state index contributed by atoms with van der Waals surface area (Å²) < 4.78 is 17.5. The summed E-state index contributed by atoms with van der Waals surface area (Å²) in [4.78, 5) is 26.1. The van der Waals surface area contributed by atoms with Crippen molar-refractivity contribution in [2.24, 2.45) is 7.05 Å². The number of aromatic nitrogens is 2. The first-order chi connectivity index (χ1) is 14.8. The Morgan fingerprint density at radius 1 is 1.06 bits per heavy atom. The summed E-state index contributed by atoms with van der Waals surface area (Å²) in [5.74, 6) is 0.460. The van der Waals surface area contributed by atoms with Crippen molar-refractivity contribution in [3.63, 3.8) is 0 Å². The van der Waals surface area contributed by atoms with Crippen LogP contribution in [-0.2, 0) is 11.8 Å². The number of amides is 2. The lowest BCUT2D eigenvalue weighted by atomic mass is 10.1. The smallest absolute Gasteiger partial charge is 0.272 e. The third-order valence-electron chi connectivity index (χ3n) is 5.02. The van der Waals surface area contributed by atoms with Gasteiger partial charge >= 0.3 is 0 Å². The minimum Gasteiger partial charge on any atom is -0.493 e. The van der Waals surface area contributed by atoms with Crippen molar-refractivity contribution in [3.8, 4) is 17.2 Å². The van der Waals surface area contributed by atoms with E-state index < -0.39 is 0 Å². The van der Waals surface area contributed by atoms with Crippen LogP contribution in [0.4, 0.5) is 0 Å². The average molecular weight is 449 g/mol. The fourth-order valence-corrected chi connectivity index (χ4v) is 3.72. The van der Waals surface area contributed by atoms with Crippen molar-refractivity contribution >= 4 is 29.5 Å². The number of ether oxygens (including phenoxy) is 3. The molecule has 1 aromatic heterocycles. The van der Waals surface area contributed by atoms with Gasteiger partial charge in [-0.05, 0) is 31.6 Å². The van der Waals surface area contributed by atoms with Crippen molar-refractivity contribution in [1.82, 2.24) is 19.8 Å². The number of hydrazine groups is 1. The summed E-state index contributed by atoms with van der Waals surface area (Å²) in [6.07, 6.45) is 3.69. The molecule has 0 radical (unpaired) electrons. The summed E-state index contributed by atoms with van der Waals surface area (Å²) in [5, 5.41) is 7.50. The number of benzene rings is 1. The number of aryl methyl sites for hydroxylation is 2. The monoisotopic (exact) mass is 448 g/mol. The number of hydrogen-bond acceptors (Lipinski definition) is 6. The molecule has 1 fully saturated rings. The van der Waals surface area contributed by atoms with Crippen LogP contribution in [0.25, 0.3) is 6.08 Å². The number of hydrogen-bond donors (Lipinski definition) is 0. The Balaban J connectivity index is 1.85. The second-order valence-electron chi connectivity index (χ2n) is 6.90. The zero-order valence-corrected chi connectivity index (χ0v) is 18.9. The van der Waals surface area contributed by atoms with Gasteiger partial charge in [0.25, 0.3) is 11.8 Å². The molecule has 9 nitrogen and oxygen atoms in total. The number of rotatable bonds is 6. The predicted molar refractivity (Wildman–Crippen MR) is 115 cm³/mol. The van der Waals surface area contributed by atoms with E-state index in [2.05, 4.69) is 5.10 Å². The van der Waals surface area contributed by atoms with E-state index in [0.29, 0.717) is 58.7 Å². The minimum absolute atomic E-state index is 0.322. The third-order valence-corrected chi connectivity index (χ3v) is 5.47. The molecular weight excluding hydrogens is 424 g/mol. The Bertz CT molecular complexity index is 1010. The molecule has 0 bridgehead atoms. The van der Waals surface area contributed by atoms with Gasteiger partial charge in [-0.1, -0.05) is 11.6 Å². The Morgan fingerprint density at radius 2 is 1.68 bits per heavy atom. The number of carbonyl (C=O) groups is 2. The topological polar surface area (TPSA) is 86.1 Å². The van der Waals surface area contributed by atoms with E-state index in [9.17, 15) is 9.59 Å². The van der Waals surface area contributed by atoms with E-state index in [0.717, 1.165) is 0 Å². The third kappa shape index (κ3) is 4.32. The number of methoxy groups -OCH3 is 3. The zero-order valence-electron chi connectivity index (χ0n) is 18.1. The van der Waals surface area contributed by atoms with Gasteiger partial charge in [-0.15, -0.1) is 0 Å². The molecule has 0 aliphatic carbocycles. The van der Waals surface area contributed by atoms with Crippen LogP contribution in [0.1, 0.15) is 28.0 Å². The van der Waals surface area contributed by atoms with Gasteiger partial charge in [-0.25, -0.2) is 10.0 Å². The fraction of sp³-hybridized carbons (Fsp3) is 0.381. The van der Waals surface area contributed by atoms with Gasteiger partial charge in [0.2, 0.25) is 5.75 Å². The highest BCUT2D eigenvalue weighted by molar-refractivity contribution is 6.31. The summed E-state index contributed by atoms with van der Waals surface area (Å²) in [5.41, 5.74) is 1.70. The van der Waals surface area contributed by atoms with Crippen molar-refractivity contribution in [3.05, 3.63) is 40.2 Å². The SMILES string of the molecule is COc1cc(C(=O)N2CCCN2C(=O)/C=C/c2c(C)nn(C)c2Cl)cc(OC)c1OC. The van der Waals surface area contributed by atoms with Crippen molar-refractivity contribution in [1.29, 1.82) is 0 Å². The second-order valence-corrected chi connectivity index (χ2v) is 7.26. The normalized spacial score (nSPS) is 13.7. The summed E-state index contributed by atoms with van der Waals surface area (Å²) in [6, 6.07) is 3.14. The molecule has 1 aromatic carbocycles. The Kier molecular flexibility index (Phi) is 6.74. The van der Waals surface area contributed by atoms with Crippen LogP contribution in [0.5, 0.6) is 17.2 Å². The quantitative estimate of drug-likeness (QED) is 0.631. The van der Waals surface area contributed by atoms with Gasteiger partial charge in [0.1, 0.15) is 5.15 Å². The van der Waals surface area contributed by atoms with E-state index in [1.165, 1.54) is 42.1 Å². The molecule has 10 heteroatoms. The van der Waals surface area contributed by atoms with Crippen LogP contribution < -0.4 is 14.2 Å². The maximum absolute atomic E-state index is 13.2. The molecular formula is C21H25ClN4O5. The van der Waals surface area contributed by atoms with E-state index >= 15 is 0 Å². The van der Waals surface area contributed by atoms with Crippen molar-refractivity contribution in [2.75, 3.05) is 34.4 Å². The van der Waals surface area contributed by atoms with Gasteiger partial charge in [-0.3, -0.25) is 14.3 Å². The molecule has 31 heavy (non-hydrogen) atoms. The van der Waals surface area contributed by atoms with E-state index in [1.54, 1.807) is 25.3 Å². The van der Waals surface area contributed by atoms with Crippen LogP contribution in [0.3, 0.4) is 0 Å². The van der Waals surface area contributed by atoms with Crippen LogP contribution in [0.2, 0.25) is 5.15 Å². The molecule has 2 heterocycles. The van der Waals surface area contributed by atoms with E-state index in [4.69, 9.17) is 25.8 Å². The Labute approximate surface area is 185 Å². The molecule has 3 rings (SSSR count). The summed E-state index contributed by atoms with van der Waals surface area (Å²) in [7, 11) is 6.18. The molecule has 166 valence electrons. The lowest BCUT2D eigenvalue weighted by molar-refractivity contribution is -0.134. The van der Waals surface area contributed by atoms with Crippen LogP contribution in [0, 0.1) is 6.92 Å². The van der Waals surface area contributed by atoms with Gasteiger partial charge in [0.05, 0.1) is 27.0 Å². The lowest BCUT2D eigenvalue weighted by Crippen LogP contribution is -2.44. The average Bonchev–Trinajstić information content (AvgIpc) is 3.35. The standard InChI is InChI=1S/C21H25ClN4O5/c1-13-15(20(22)24(2)23-13)7-8-18(27)25-9-6-10-26(25)21(28)14-11-16(29-3)19(31-5)17(12-14)30-4/h7-8,11-12H,6,9-10H2,1-5H3/b8-7+. The maximum atomic E-state index is 13.2. The fourth-order valence-electron chi connectivity index (χ4n) is 3.48. The first-order valence-corrected chi connectivity index (χ1v) is 10.0. The first-order valence-electron chi connectivity index (χ1n) is 9.62. The molecule has 1 aliphatic heterocycles. The summed E-state index contributed by atoms with van der Waals surface area (Å²) >= 11 is 6.22. The van der Waals surface area contributed by atoms with Gasteiger partial charge in [-0.2, -0.15) is 5.10 Å². The van der Waals surface area contributed by atoms with Gasteiger partial charge < -0.3 is 14.2 Å². The van der Waals surface area contributed by atoms with Crippen molar-refractivity contribution < 1.29 is 23.8 Å². The van der Waals surface area contributed by atoms with E-state index in [-0.39, 0.29) is 11.8 Å². The molecule has 0 N–H and O–H groups in total. The van der Waals surface area contributed by atoms with Crippen LogP contribution >= 0.6 is 11.6 Å². The Morgan fingerprint density at radius 3 is 2.19 bits per heavy atom. The number of nitrogens with zero attached hydrogens (tertiary/aromatic N) is 4. The highest BCUT2D eigenvalue weighted by atomic mass is 35.5. The second kappa shape index (κ2) is 9.30. The molecule has 1 saturated heterocycles. The Hall–Kier alpha value is -3.20. The zero-order chi connectivity index (χ0) is 22.7. The summed E-state index contributed by atoms with van der Waals surface area (Å²) in [6.45, 7) is 2.66. The number of carbonyl (C=O) groups excluding carboxylic acids is 2. The molecule has 0 spiro atoms. The molecule has 0 unspecified atom stereocenters. The lowest BCUT2D eigenvalue weighted by Gasteiger charge is -2.27. The molecule has 0 saturated carbocycles. The largest absolute Gasteiger partial charge is 0.493 e. The highest BCUT2D eigenvalue weighted by Gasteiger charge is 2.31. The highest BCUT2D eigenvalue weighted by Crippen LogP contribution is 2.38. The molecule has 2 aromatic rings. The van der Waals surface area contributed by atoms with Gasteiger partial charge in [0, 0.05) is 37.3 Å². The van der Waals surface area contributed by atoms with Gasteiger partial charge in [0.15, 0.2) is 11.5 Å². The minimum atomic E-state index is -0.339. The number of halogens is 1. The molecule has 2 amide bonds. The predicted octanol–water partition coefficient (Wildman–Crippen LogP) is 2.71. The van der Waals surface area contributed by atoms with Crippen LogP contribution in [0.15, 0.2) is 18.2 Å². The molecule has 0 atom stereocenters. The van der Waals surface area contributed by atoms with Crippen LogP contribution in [-0.4, -0.2) is 66.0 Å². The van der Waals surface area contributed by atoms with Crippen molar-refractivity contribution in [2.45, 2.75) is 13.3 Å². The maximum Gasteiger partial charge on any atom is 0.272 e. The van der Waals surface area contributed by atoms with E-state index in [1.807, 2.05) is 6.92 Å². The molecule has 1 aliphatic rings.